The average molecular weight is 374 g/mol. The molecule has 2 heterocycles. The lowest BCUT2D eigenvalue weighted by molar-refractivity contribution is 0.425. The molecule has 2 aliphatic rings. The molecule has 0 fully saturated rings. The van der Waals surface area contributed by atoms with Gasteiger partial charge in [0.15, 0.2) is 0 Å². The Morgan fingerprint density at radius 3 is 2.85 bits per heavy atom. The molecule has 0 amide bonds. The normalized spacial score (nSPS) is 26.8. The van der Waals surface area contributed by atoms with Crippen LogP contribution in [0.2, 0.25) is 0 Å². The van der Waals surface area contributed by atoms with Crippen LogP contribution in [0.5, 0.6) is 0 Å². The van der Waals surface area contributed by atoms with Gasteiger partial charge in [-0.2, -0.15) is 0 Å². The van der Waals surface area contributed by atoms with E-state index < -0.39 is 0 Å². The smallest absolute Gasteiger partial charge is 0.0555 e. The monoisotopic (exact) mass is 374 g/mol. The lowest BCUT2D eigenvalue weighted by Crippen LogP contribution is -2.29. The topological polar surface area (TPSA) is 24.9 Å². The maximum Gasteiger partial charge on any atom is 0.0555 e. The van der Waals surface area contributed by atoms with Crippen LogP contribution in [0.3, 0.4) is 0 Å². The second kappa shape index (κ2) is 4.88. The van der Waals surface area contributed by atoms with Crippen molar-refractivity contribution in [3.63, 3.8) is 0 Å². The fourth-order valence-corrected chi connectivity index (χ4v) is 3.98. The van der Waals surface area contributed by atoms with Crippen molar-refractivity contribution in [3.8, 4) is 0 Å². The number of halogens is 1. The van der Waals surface area contributed by atoms with Crippen molar-refractivity contribution in [2.45, 2.75) is 18.4 Å². The summed E-state index contributed by atoms with van der Waals surface area (Å²) in [5.41, 5.74) is 4.06. The van der Waals surface area contributed by atoms with Gasteiger partial charge in [0.05, 0.1) is 6.04 Å². The Hall–Kier alpha value is -1.36. The molecule has 3 atom stereocenters. The number of fused-ring (bicyclic) bond motifs is 3. The second-order valence-corrected chi connectivity index (χ2v) is 6.73. The number of pyridine rings is 1. The van der Waals surface area contributed by atoms with E-state index >= 15 is 0 Å². The van der Waals surface area contributed by atoms with Crippen LogP contribution in [-0.2, 0) is 0 Å². The highest BCUT2D eigenvalue weighted by atomic mass is 127. The maximum absolute atomic E-state index is 4.14. The summed E-state index contributed by atoms with van der Waals surface area (Å²) in [6.07, 6.45) is 9.64. The molecule has 0 bridgehead atoms. The Kier molecular flexibility index (Phi) is 3.02. The van der Waals surface area contributed by atoms with Gasteiger partial charge in [-0.15, -0.1) is 0 Å². The van der Waals surface area contributed by atoms with Crippen LogP contribution >= 0.6 is 22.6 Å². The summed E-state index contributed by atoms with van der Waals surface area (Å²) in [4.78, 5) is 4.14. The van der Waals surface area contributed by atoms with Gasteiger partial charge in [0, 0.05) is 27.6 Å². The van der Waals surface area contributed by atoms with Gasteiger partial charge in [-0.05, 0) is 76.4 Å². The number of benzene rings is 1. The molecule has 1 aliphatic heterocycles. The first kappa shape index (κ1) is 12.4. The predicted molar refractivity (Wildman–Crippen MR) is 89.7 cm³/mol. The molecule has 2 nitrogen and oxygen atoms in total. The van der Waals surface area contributed by atoms with Crippen LogP contribution in [0.25, 0.3) is 0 Å². The number of hydrogen-bond acceptors (Lipinski definition) is 2. The number of aromatic nitrogens is 1. The van der Waals surface area contributed by atoms with Crippen LogP contribution in [-0.4, -0.2) is 4.98 Å². The Morgan fingerprint density at radius 2 is 2.00 bits per heavy atom. The predicted octanol–water partition coefficient (Wildman–Crippen LogP) is 4.51. The molecule has 1 aromatic heterocycles. The number of nitrogens with zero attached hydrogens (tertiary/aromatic N) is 1. The SMILES string of the molecule is Ic1ccc2c(c1)[C@@H]1C=CC[C@@H]1[C@@H](c1ccncc1)N2. The van der Waals surface area contributed by atoms with Gasteiger partial charge in [-0.1, -0.05) is 12.2 Å². The lowest BCUT2D eigenvalue weighted by Gasteiger charge is -2.37. The Labute approximate surface area is 132 Å². The quantitative estimate of drug-likeness (QED) is 0.587. The Morgan fingerprint density at radius 1 is 1.15 bits per heavy atom. The third kappa shape index (κ3) is 1.95. The largest absolute Gasteiger partial charge is 0.378 e. The molecule has 20 heavy (non-hydrogen) atoms. The third-order valence-electron chi connectivity index (χ3n) is 4.39. The molecule has 1 aliphatic carbocycles. The minimum Gasteiger partial charge on any atom is -0.378 e. The zero-order valence-corrected chi connectivity index (χ0v) is 13.1. The van der Waals surface area contributed by atoms with E-state index in [0.717, 1.165) is 6.42 Å². The summed E-state index contributed by atoms with van der Waals surface area (Å²) >= 11 is 2.40. The molecule has 1 N–H and O–H groups in total. The van der Waals surface area contributed by atoms with E-state index in [9.17, 15) is 0 Å². The van der Waals surface area contributed by atoms with E-state index in [1.54, 1.807) is 0 Å². The van der Waals surface area contributed by atoms with Gasteiger partial charge in [0.25, 0.3) is 0 Å². The fourth-order valence-electron chi connectivity index (χ4n) is 3.47. The average Bonchev–Trinajstić information content (AvgIpc) is 2.97. The third-order valence-corrected chi connectivity index (χ3v) is 5.06. The summed E-state index contributed by atoms with van der Waals surface area (Å²) in [6.45, 7) is 0. The van der Waals surface area contributed by atoms with Crippen LogP contribution in [0, 0.1) is 9.49 Å². The van der Waals surface area contributed by atoms with Gasteiger partial charge in [0.1, 0.15) is 0 Å². The molecule has 0 spiro atoms. The maximum atomic E-state index is 4.14. The van der Waals surface area contributed by atoms with Gasteiger partial charge >= 0.3 is 0 Å². The number of allylic oxidation sites excluding steroid dienone is 2. The molecule has 0 unspecified atom stereocenters. The summed E-state index contributed by atoms with van der Waals surface area (Å²) in [7, 11) is 0. The zero-order valence-electron chi connectivity index (χ0n) is 11.0. The van der Waals surface area contributed by atoms with Crippen molar-refractivity contribution in [1.29, 1.82) is 0 Å². The zero-order chi connectivity index (χ0) is 13.5. The van der Waals surface area contributed by atoms with E-state index in [1.807, 2.05) is 12.4 Å². The van der Waals surface area contributed by atoms with E-state index in [2.05, 4.69) is 75.4 Å². The molecule has 0 saturated heterocycles. The molecular formula is C17H15IN2. The molecule has 0 saturated carbocycles. The number of nitrogens with one attached hydrogen (secondary N) is 1. The first-order chi connectivity index (χ1) is 9.83. The first-order valence-corrected chi connectivity index (χ1v) is 8.03. The molecule has 0 radical (unpaired) electrons. The van der Waals surface area contributed by atoms with E-state index in [-0.39, 0.29) is 0 Å². The standard InChI is InChI=1S/C17H15IN2/c18-12-4-5-16-15(10-12)13-2-1-3-14(13)17(20-16)11-6-8-19-9-7-11/h1-2,4-10,13-14,17,20H,3H2/t13-,14+,17-/m1/s1. The summed E-state index contributed by atoms with van der Waals surface area (Å²) in [6, 6.07) is 11.3. The van der Waals surface area contributed by atoms with E-state index in [0.29, 0.717) is 17.9 Å². The highest BCUT2D eigenvalue weighted by Crippen LogP contribution is 2.49. The first-order valence-electron chi connectivity index (χ1n) is 6.95. The molecular weight excluding hydrogens is 359 g/mol. The van der Waals surface area contributed by atoms with Crippen LogP contribution in [0.1, 0.15) is 29.5 Å². The van der Waals surface area contributed by atoms with Gasteiger partial charge in [-0.25, -0.2) is 0 Å². The van der Waals surface area contributed by atoms with Crippen molar-refractivity contribution < 1.29 is 0 Å². The van der Waals surface area contributed by atoms with Gasteiger partial charge in [-0.3, -0.25) is 4.98 Å². The van der Waals surface area contributed by atoms with Gasteiger partial charge in [0.2, 0.25) is 0 Å². The molecule has 4 rings (SSSR count). The van der Waals surface area contributed by atoms with Crippen molar-refractivity contribution in [3.05, 3.63) is 69.6 Å². The van der Waals surface area contributed by atoms with Crippen LogP contribution < -0.4 is 5.32 Å². The van der Waals surface area contributed by atoms with E-state index in [1.165, 1.54) is 20.4 Å². The minimum atomic E-state index is 0.380. The second-order valence-electron chi connectivity index (χ2n) is 5.49. The number of anilines is 1. The number of rotatable bonds is 1. The summed E-state index contributed by atoms with van der Waals surface area (Å²) in [5, 5.41) is 3.74. The molecule has 2 aromatic rings. The van der Waals surface area contributed by atoms with Crippen molar-refractivity contribution in [1.82, 2.24) is 4.98 Å². The minimum absolute atomic E-state index is 0.380. The van der Waals surface area contributed by atoms with Crippen molar-refractivity contribution in [2.24, 2.45) is 5.92 Å². The Balaban J connectivity index is 1.80. The molecule has 1 aromatic carbocycles. The van der Waals surface area contributed by atoms with E-state index in [4.69, 9.17) is 0 Å². The van der Waals surface area contributed by atoms with Crippen LogP contribution in [0.4, 0.5) is 5.69 Å². The lowest BCUT2D eigenvalue weighted by atomic mass is 9.77. The highest BCUT2D eigenvalue weighted by Gasteiger charge is 2.37. The summed E-state index contributed by atoms with van der Waals surface area (Å²) < 4.78 is 1.31. The highest BCUT2D eigenvalue weighted by molar-refractivity contribution is 14.1. The van der Waals surface area contributed by atoms with Gasteiger partial charge < -0.3 is 5.32 Å². The number of hydrogen-bond donors (Lipinski definition) is 1. The van der Waals surface area contributed by atoms with Crippen molar-refractivity contribution >= 4 is 28.3 Å². The van der Waals surface area contributed by atoms with Crippen molar-refractivity contribution in [2.75, 3.05) is 5.32 Å². The summed E-state index contributed by atoms with van der Waals surface area (Å²) in [5.74, 6) is 1.15. The Bertz CT molecular complexity index is 666. The fraction of sp³-hybridized carbons (Fsp3) is 0.235. The van der Waals surface area contributed by atoms with Crippen LogP contribution in [0.15, 0.2) is 54.9 Å². The molecule has 100 valence electrons. The molecule has 3 heteroatoms.